The quantitative estimate of drug-likeness (QED) is 0.553. The molecule has 1 unspecified atom stereocenters. The van der Waals surface area contributed by atoms with Crippen molar-refractivity contribution >= 4 is 0 Å². The van der Waals surface area contributed by atoms with E-state index in [0.717, 1.165) is 5.92 Å². The lowest BCUT2D eigenvalue weighted by Crippen LogP contribution is -2.12. The van der Waals surface area contributed by atoms with E-state index < -0.39 is 0 Å². The van der Waals surface area contributed by atoms with Crippen molar-refractivity contribution in [2.75, 3.05) is 6.54 Å². The number of rotatable bonds is 1. The van der Waals surface area contributed by atoms with Crippen LogP contribution in [0.1, 0.15) is 25.7 Å². The molecule has 0 aromatic carbocycles. The van der Waals surface area contributed by atoms with Gasteiger partial charge in [0.05, 0.1) is 0 Å². The largest absolute Gasteiger partial charge is 0.352 e. The standard InChI is InChI=1S/C10H15N/c1-2-11-8-7-9-5-3-4-6-10(9)11/h2,6,9H,1,3-5,7-8H2. The molecule has 1 heteroatoms. The molecule has 2 rings (SSSR count). The van der Waals surface area contributed by atoms with Gasteiger partial charge in [0.1, 0.15) is 0 Å². The molecule has 0 amide bonds. The molecular weight excluding hydrogens is 134 g/mol. The first-order valence-electron chi connectivity index (χ1n) is 4.51. The molecule has 1 saturated heterocycles. The van der Waals surface area contributed by atoms with E-state index in [1.54, 1.807) is 5.70 Å². The molecule has 0 spiro atoms. The summed E-state index contributed by atoms with van der Waals surface area (Å²) in [6.45, 7) is 5.01. The minimum Gasteiger partial charge on any atom is -0.352 e. The van der Waals surface area contributed by atoms with E-state index in [9.17, 15) is 0 Å². The maximum atomic E-state index is 3.82. The molecule has 1 aliphatic heterocycles. The molecule has 11 heavy (non-hydrogen) atoms. The Balaban J connectivity index is 2.19. The third-order valence-corrected chi connectivity index (χ3v) is 2.80. The number of allylic oxidation sites excluding steroid dienone is 2. The van der Waals surface area contributed by atoms with Gasteiger partial charge in [0.25, 0.3) is 0 Å². The molecule has 0 N–H and O–H groups in total. The molecule has 1 atom stereocenters. The second-order valence-corrected chi connectivity index (χ2v) is 3.42. The molecular formula is C10H15N. The first-order valence-corrected chi connectivity index (χ1v) is 4.51. The number of likely N-dealkylation sites (tertiary alicyclic amines) is 1. The van der Waals surface area contributed by atoms with Crippen LogP contribution >= 0.6 is 0 Å². The van der Waals surface area contributed by atoms with E-state index in [4.69, 9.17) is 0 Å². The van der Waals surface area contributed by atoms with Crippen LogP contribution in [-0.4, -0.2) is 11.4 Å². The second-order valence-electron chi connectivity index (χ2n) is 3.42. The van der Waals surface area contributed by atoms with Crippen molar-refractivity contribution in [2.45, 2.75) is 25.7 Å². The molecule has 60 valence electrons. The van der Waals surface area contributed by atoms with Gasteiger partial charge in [0.15, 0.2) is 0 Å². The Morgan fingerprint density at radius 3 is 3.27 bits per heavy atom. The lowest BCUT2D eigenvalue weighted by Gasteiger charge is -2.21. The molecule has 1 fully saturated rings. The van der Waals surface area contributed by atoms with Gasteiger partial charge in [-0.05, 0) is 31.9 Å². The van der Waals surface area contributed by atoms with Crippen molar-refractivity contribution in [1.82, 2.24) is 4.90 Å². The van der Waals surface area contributed by atoms with Gasteiger partial charge in [-0.1, -0.05) is 12.7 Å². The minimum absolute atomic E-state index is 0.863. The van der Waals surface area contributed by atoms with E-state index >= 15 is 0 Å². The van der Waals surface area contributed by atoms with Crippen molar-refractivity contribution < 1.29 is 0 Å². The maximum Gasteiger partial charge on any atom is 0.0228 e. The summed E-state index contributed by atoms with van der Waals surface area (Å²) in [6.07, 6.45) is 9.77. The molecule has 2 aliphatic rings. The summed E-state index contributed by atoms with van der Waals surface area (Å²) in [7, 11) is 0. The minimum atomic E-state index is 0.863. The molecule has 0 aromatic heterocycles. The SMILES string of the molecule is C=CN1CCC2CCCC=C21. The normalized spacial score (nSPS) is 29.6. The first-order chi connectivity index (χ1) is 5.42. The Labute approximate surface area is 68.4 Å². The highest BCUT2D eigenvalue weighted by Gasteiger charge is 2.27. The number of hydrogen-bond acceptors (Lipinski definition) is 1. The van der Waals surface area contributed by atoms with Gasteiger partial charge in [0.2, 0.25) is 0 Å². The van der Waals surface area contributed by atoms with Gasteiger partial charge in [0, 0.05) is 18.2 Å². The van der Waals surface area contributed by atoms with Crippen molar-refractivity contribution in [2.24, 2.45) is 5.92 Å². The van der Waals surface area contributed by atoms with Crippen LogP contribution in [0, 0.1) is 5.92 Å². The highest BCUT2D eigenvalue weighted by molar-refractivity contribution is 5.15. The Morgan fingerprint density at radius 1 is 1.55 bits per heavy atom. The highest BCUT2D eigenvalue weighted by Crippen LogP contribution is 2.35. The van der Waals surface area contributed by atoms with Crippen molar-refractivity contribution in [3.05, 3.63) is 24.6 Å². The van der Waals surface area contributed by atoms with Gasteiger partial charge >= 0.3 is 0 Å². The summed E-state index contributed by atoms with van der Waals surface area (Å²) in [6, 6.07) is 0. The Kier molecular flexibility index (Phi) is 1.72. The van der Waals surface area contributed by atoms with Crippen LogP contribution in [0.2, 0.25) is 0 Å². The average molecular weight is 149 g/mol. The third-order valence-electron chi connectivity index (χ3n) is 2.80. The van der Waals surface area contributed by atoms with Crippen molar-refractivity contribution in [1.29, 1.82) is 0 Å². The first kappa shape index (κ1) is 6.96. The van der Waals surface area contributed by atoms with Gasteiger partial charge in [-0.15, -0.1) is 0 Å². The van der Waals surface area contributed by atoms with Gasteiger partial charge in [-0.3, -0.25) is 0 Å². The summed E-state index contributed by atoms with van der Waals surface area (Å²) in [5.74, 6) is 0.863. The van der Waals surface area contributed by atoms with Crippen molar-refractivity contribution in [3.8, 4) is 0 Å². The molecule has 0 radical (unpaired) electrons. The number of fused-ring (bicyclic) bond motifs is 1. The van der Waals surface area contributed by atoms with Crippen LogP contribution in [0.25, 0.3) is 0 Å². The number of nitrogens with zero attached hydrogens (tertiary/aromatic N) is 1. The van der Waals surface area contributed by atoms with Crippen LogP contribution in [0.3, 0.4) is 0 Å². The molecule has 0 aromatic rings. The summed E-state index contributed by atoms with van der Waals surface area (Å²) in [5, 5.41) is 0. The maximum absolute atomic E-state index is 3.82. The third kappa shape index (κ3) is 1.09. The fraction of sp³-hybridized carbons (Fsp3) is 0.600. The topological polar surface area (TPSA) is 3.24 Å². The van der Waals surface area contributed by atoms with Crippen LogP contribution in [-0.2, 0) is 0 Å². The summed E-state index contributed by atoms with van der Waals surface area (Å²) >= 11 is 0. The summed E-state index contributed by atoms with van der Waals surface area (Å²) in [4.78, 5) is 2.31. The smallest absolute Gasteiger partial charge is 0.0228 e. The van der Waals surface area contributed by atoms with E-state index in [2.05, 4.69) is 17.6 Å². The molecule has 1 aliphatic carbocycles. The lowest BCUT2D eigenvalue weighted by atomic mass is 9.93. The average Bonchev–Trinajstić information content (AvgIpc) is 2.47. The Hall–Kier alpha value is -0.720. The van der Waals surface area contributed by atoms with Gasteiger partial charge < -0.3 is 4.90 Å². The zero-order valence-electron chi connectivity index (χ0n) is 6.92. The number of hydrogen-bond donors (Lipinski definition) is 0. The van der Waals surface area contributed by atoms with Crippen LogP contribution in [0.15, 0.2) is 24.6 Å². The van der Waals surface area contributed by atoms with E-state index in [0.29, 0.717) is 0 Å². The fourth-order valence-corrected chi connectivity index (χ4v) is 2.19. The highest BCUT2D eigenvalue weighted by atomic mass is 15.1. The van der Waals surface area contributed by atoms with E-state index in [1.165, 1.54) is 32.2 Å². The van der Waals surface area contributed by atoms with E-state index in [1.807, 2.05) is 6.20 Å². The predicted molar refractivity (Wildman–Crippen MR) is 46.9 cm³/mol. The van der Waals surface area contributed by atoms with Crippen LogP contribution < -0.4 is 0 Å². The fourth-order valence-electron chi connectivity index (χ4n) is 2.19. The van der Waals surface area contributed by atoms with Crippen LogP contribution in [0.5, 0.6) is 0 Å². The molecule has 1 heterocycles. The van der Waals surface area contributed by atoms with E-state index in [-0.39, 0.29) is 0 Å². The Morgan fingerprint density at radius 2 is 2.45 bits per heavy atom. The molecule has 0 bridgehead atoms. The van der Waals surface area contributed by atoms with Gasteiger partial charge in [-0.2, -0.15) is 0 Å². The zero-order chi connectivity index (χ0) is 7.68. The summed E-state index contributed by atoms with van der Waals surface area (Å²) < 4.78 is 0. The molecule has 1 nitrogen and oxygen atoms in total. The van der Waals surface area contributed by atoms with Crippen LogP contribution in [0.4, 0.5) is 0 Å². The molecule has 0 saturated carbocycles. The summed E-state index contributed by atoms with van der Waals surface area (Å²) in [5.41, 5.74) is 1.55. The Bertz CT molecular complexity index is 193. The van der Waals surface area contributed by atoms with Crippen molar-refractivity contribution in [3.63, 3.8) is 0 Å². The monoisotopic (exact) mass is 149 g/mol. The zero-order valence-corrected chi connectivity index (χ0v) is 6.92. The lowest BCUT2D eigenvalue weighted by molar-refractivity contribution is 0.490. The second kappa shape index (κ2) is 2.72. The predicted octanol–water partition coefficient (Wildman–Crippen LogP) is 2.52. The van der Waals surface area contributed by atoms with Gasteiger partial charge in [-0.25, -0.2) is 0 Å².